The summed E-state index contributed by atoms with van der Waals surface area (Å²) in [5, 5.41) is 0. The molecule has 0 saturated carbocycles. The summed E-state index contributed by atoms with van der Waals surface area (Å²) in [4.78, 5) is 16.3. The Morgan fingerprint density at radius 1 is 1.35 bits per heavy atom. The SMILES string of the molecule is CCOC[C@@H]1CCOC12CN(CC(=O)N1CCCC1)C2. The van der Waals surface area contributed by atoms with Crippen LogP contribution in [0, 0.1) is 5.92 Å². The van der Waals surface area contributed by atoms with Gasteiger partial charge < -0.3 is 14.4 Å². The van der Waals surface area contributed by atoms with E-state index < -0.39 is 0 Å². The van der Waals surface area contributed by atoms with Gasteiger partial charge in [0.05, 0.1) is 18.8 Å². The Morgan fingerprint density at radius 3 is 2.80 bits per heavy atom. The van der Waals surface area contributed by atoms with Crippen molar-refractivity contribution in [3.63, 3.8) is 0 Å². The molecule has 0 N–H and O–H groups in total. The monoisotopic (exact) mass is 282 g/mol. The lowest BCUT2D eigenvalue weighted by molar-refractivity contribution is -0.154. The second-order valence-corrected chi connectivity index (χ2v) is 6.29. The molecular formula is C15H26N2O3. The molecule has 1 spiro atoms. The van der Waals surface area contributed by atoms with E-state index >= 15 is 0 Å². The van der Waals surface area contributed by atoms with Crippen LogP contribution in [0.1, 0.15) is 26.2 Å². The minimum absolute atomic E-state index is 0.0273. The van der Waals surface area contributed by atoms with Crippen LogP contribution in [0.2, 0.25) is 0 Å². The molecular weight excluding hydrogens is 256 g/mol. The fraction of sp³-hybridized carbons (Fsp3) is 0.933. The number of rotatable bonds is 5. The molecule has 5 nitrogen and oxygen atoms in total. The fourth-order valence-corrected chi connectivity index (χ4v) is 3.71. The van der Waals surface area contributed by atoms with E-state index in [4.69, 9.17) is 9.47 Å². The summed E-state index contributed by atoms with van der Waals surface area (Å²) >= 11 is 0. The third-order valence-corrected chi connectivity index (χ3v) is 4.92. The van der Waals surface area contributed by atoms with Crippen LogP contribution in [0.5, 0.6) is 0 Å². The van der Waals surface area contributed by atoms with Crippen LogP contribution in [-0.2, 0) is 14.3 Å². The van der Waals surface area contributed by atoms with Crippen LogP contribution in [0.25, 0.3) is 0 Å². The van der Waals surface area contributed by atoms with Crippen molar-refractivity contribution in [1.29, 1.82) is 0 Å². The molecule has 20 heavy (non-hydrogen) atoms. The molecule has 3 rings (SSSR count). The lowest BCUT2D eigenvalue weighted by atomic mass is 9.81. The standard InChI is InChI=1S/C15H26N2O3/c1-2-19-10-13-5-8-20-15(13)11-16(12-15)9-14(18)17-6-3-4-7-17/h13H,2-12H2,1H3/t13-/m0/s1. The average Bonchev–Trinajstić information content (AvgIpc) is 3.05. The lowest BCUT2D eigenvalue weighted by Gasteiger charge is -2.50. The summed E-state index contributed by atoms with van der Waals surface area (Å²) in [6.07, 6.45) is 3.42. The van der Waals surface area contributed by atoms with Crippen LogP contribution in [0.4, 0.5) is 0 Å². The molecule has 0 bridgehead atoms. The maximum atomic E-state index is 12.1. The molecule has 3 aliphatic heterocycles. The van der Waals surface area contributed by atoms with Crippen molar-refractivity contribution in [3.05, 3.63) is 0 Å². The molecule has 3 heterocycles. The Balaban J connectivity index is 1.46. The summed E-state index contributed by atoms with van der Waals surface area (Å²) in [5.74, 6) is 0.789. The van der Waals surface area contributed by atoms with Gasteiger partial charge in [-0.25, -0.2) is 0 Å². The van der Waals surface area contributed by atoms with E-state index in [0.29, 0.717) is 12.5 Å². The molecule has 0 aliphatic carbocycles. The van der Waals surface area contributed by atoms with Crippen molar-refractivity contribution < 1.29 is 14.3 Å². The van der Waals surface area contributed by atoms with Gasteiger partial charge in [-0.1, -0.05) is 0 Å². The fourth-order valence-electron chi connectivity index (χ4n) is 3.71. The minimum Gasteiger partial charge on any atom is -0.381 e. The quantitative estimate of drug-likeness (QED) is 0.746. The second-order valence-electron chi connectivity index (χ2n) is 6.29. The number of amides is 1. The number of carbonyl (C=O) groups is 1. The first-order valence-corrected chi connectivity index (χ1v) is 7.95. The van der Waals surface area contributed by atoms with Gasteiger partial charge in [0.25, 0.3) is 0 Å². The molecule has 5 heteroatoms. The summed E-state index contributed by atoms with van der Waals surface area (Å²) in [6.45, 7) is 8.67. The molecule has 0 aromatic heterocycles. The van der Waals surface area contributed by atoms with Gasteiger partial charge >= 0.3 is 0 Å². The Morgan fingerprint density at radius 2 is 2.10 bits per heavy atom. The van der Waals surface area contributed by atoms with Gasteiger partial charge in [0.2, 0.25) is 5.91 Å². The number of nitrogens with zero attached hydrogens (tertiary/aromatic N) is 2. The number of ether oxygens (including phenoxy) is 2. The predicted octanol–water partition coefficient (Wildman–Crippen LogP) is 0.736. The maximum Gasteiger partial charge on any atom is 0.236 e. The van der Waals surface area contributed by atoms with Crippen molar-refractivity contribution in [1.82, 2.24) is 9.80 Å². The predicted molar refractivity (Wildman–Crippen MR) is 75.5 cm³/mol. The molecule has 1 atom stereocenters. The molecule has 114 valence electrons. The van der Waals surface area contributed by atoms with Crippen molar-refractivity contribution in [2.24, 2.45) is 5.92 Å². The Bertz CT molecular complexity index is 349. The van der Waals surface area contributed by atoms with Gasteiger partial charge in [0, 0.05) is 45.3 Å². The van der Waals surface area contributed by atoms with Gasteiger partial charge in [0.15, 0.2) is 0 Å². The molecule has 3 fully saturated rings. The van der Waals surface area contributed by atoms with E-state index in [2.05, 4.69) is 4.90 Å². The zero-order valence-corrected chi connectivity index (χ0v) is 12.5. The molecule has 0 aromatic rings. The average molecular weight is 282 g/mol. The number of hydrogen-bond donors (Lipinski definition) is 0. The van der Waals surface area contributed by atoms with E-state index in [-0.39, 0.29) is 11.5 Å². The Labute approximate surface area is 121 Å². The second kappa shape index (κ2) is 6.00. The van der Waals surface area contributed by atoms with Gasteiger partial charge in [-0.15, -0.1) is 0 Å². The highest BCUT2D eigenvalue weighted by Gasteiger charge is 2.53. The molecule has 0 aromatic carbocycles. The minimum atomic E-state index is -0.0273. The first-order valence-electron chi connectivity index (χ1n) is 7.95. The van der Waals surface area contributed by atoms with Crippen molar-refractivity contribution >= 4 is 5.91 Å². The van der Waals surface area contributed by atoms with Crippen LogP contribution in [0.3, 0.4) is 0 Å². The summed E-state index contributed by atoms with van der Waals surface area (Å²) < 4.78 is 11.5. The zero-order valence-electron chi connectivity index (χ0n) is 12.5. The normalized spacial score (nSPS) is 29.1. The first-order chi connectivity index (χ1) is 9.73. The summed E-state index contributed by atoms with van der Waals surface area (Å²) in [7, 11) is 0. The number of likely N-dealkylation sites (tertiary alicyclic amines) is 2. The van der Waals surface area contributed by atoms with Crippen LogP contribution < -0.4 is 0 Å². The maximum absolute atomic E-state index is 12.1. The summed E-state index contributed by atoms with van der Waals surface area (Å²) in [6, 6.07) is 0. The summed E-state index contributed by atoms with van der Waals surface area (Å²) in [5.41, 5.74) is -0.0273. The highest BCUT2D eigenvalue weighted by atomic mass is 16.5. The van der Waals surface area contributed by atoms with Gasteiger partial charge in [-0.3, -0.25) is 9.69 Å². The van der Waals surface area contributed by atoms with Crippen LogP contribution in [-0.4, -0.2) is 73.9 Å². The topological polar surface area (TPSA) is 42.0 Å². The molecule has 0 unspecified atom stereocenters. The van der Waals surface area contributed by atoms with Gasteiger partial charge in [0.1, 0.15) is 0 Å². The van der Waals surface area contributed by atoms with Gasteiger partial charge in [-0.2, -0.15) is 0 Å². The van der Waals surface area contributed by atoms with Crippen molar-refractivity contribution in [2.45, 2.75) is 31.8 Å². The van der Waals surface area contributed by atoms with Crippen LogP contribution >= 0.6 is 0 Å². The first kappa shape index (κ1) is 14.3. The van der Waals surface area contributed by atoms with E-state index in [0.717, 1.165) is 65.3 Å². The molecule has 3 aliphatic rings. The van der Waals surface area contributed by atoms with Gasteiger partial charge in [-0.05, 0) is 26.2 Å². The smallest absolute Gasteiger partial charge is 0.236 e. The molecule has 1 amide bonds. The molecule has 3 saturated heterocycles. The van der Waals surface area contributed by atoms with Crippen molar-refractivity contribution in [2.75, 3.05) is 52.5 Å². The van der Waals surface area contributed by atoms with Crippen molar-refractivity contribution in [3.8, 4) is 0 Å². The highest BCUT2D eigenvalue weighted by molar-refractivity contribution is 5.78. The van der Waals surface area contributed by atoms with Crippen LogP contribution in [0.15, 0.2) is 0 Å². The lowest BCUT2D eigenvalue weighted by Crippen LogP contribution is -2.66. The van der Waals surface area contributed by atoms with E-state index in [1.54, 1.807) is 0 Å². The van der Waals surface area contributed by atoms with E-state index in [1.165, 1.54) is 0 Å². The highest BCUT2D eigenvalue weighted by Crippen LogP contribution is 2.40. The number of hydrogen-bond acceptors (Lipinski definition) is 4. The number of carbonyl (C=O) groups excluding carboxylic acids is 1. The largest absolute Gasteiger partial charge is 0.381 e. The van der Waals surface area contributed by atoms with E-state index in [9.17, 15) is 4.79 Å². The molecule has 0 radical (unpaired) electrons. The third-order valence-electron chi connectivity index (χ3n) is 4.92. The third kappa shape index (κ3) is 2.71. The Kier molecular flexibility index (Phi) is 4.29. The Hall–Kier alpha value is -0.650. The van der Waals surface area contributed by atoms with E-state index in [1.807, 2.05) is 11.8 Å². The zero-order chi connectivity index (χ0) is 14.0.